The van der Waals surface area contributed by atoms with E-state index in [1.54, 1.807) is 0 Å². The van der Waals surface area contributed by atoms with Crippen LogP contribution in [0.25, 0.3) is 0 Å². The second-order valence-corrected chi connectivity index (χ2v) is 3.73. The van der Waals surface area contributed by atoms with Gasteiger partial charge in [0, 0.05) is 7.11 Å². The lowest BCUT2D eigenvalue weighted by atomic mass is 10.2. The number of nitrogens with one attached hydrogen (secondary N) is 1. The Morgan fingerprint density at radius 3 is 2.89 bits per heavy atom. The van der Waals surface area contributed by atoms with Gasteiger partial charge in [0.15, 0.2) is 0 Å². The Kier molecular flexibility index (Phi) is 5.39. The minimum Gasteiger partial charge on any atom is -0.477 e. The number of amides is 1. The van der Waals surface area contributed by atoms with Gasteiger partial charge in [-0.3, -0.25) is 10.2 Å². The molecule has 0 aliphatic carbocycles. The molecule has 0 aromatic heterocycles. The fourth-order valence-corrected chi connectivity index (χ4v) is 1.45. The number of nitrogens with two attached hydrogens (primary N) is 1. The summed E-state index contributed by atoms with van der Waals surface area (Å²) in [6.07, 6.45) is -0.912. The summed E-state index contributed by atoms with van der Waals surface area (Å²) in [6.45, 7) is 0.0271. The highest BCUT2D eigenvalue weighted by Crippen LogP contribution is 2.26. The van der Waals surface area contributed by atoms with Crippen molar-refractivity contribution < 1.29 is 14.3 Å². The van der Waals surface area contributed by atoms with Crippen molar-refractivity contribution in [2.45, 2.75) is 6.10 Å². The van der Waals surface area contributed by atoms with Crippen LogP contribution in [0.2, 0.25) is 5.02 Å². The van der Waals surface area contributed by atoms with E-state index in [0.717, 1.165) is 0 Å². The van der Waals surface area contributed by atoms with Crippen LogP contribution in [-0.2, 0) is 9.53 Å². The monoisotopic (exact) mass is 269 g/mol. The lowest BCUT2D eigenvalue weighted by Gasteiger charge is -2.17. The van der Waals surface area contributed by atoms with Crippen molar-refractivity contribution in [3.05, 3.63) is 28.8 Å². The van der Waals surface area contributed by atoms with E-state index in [-0.39, 0.29) is 17.4 Å². The highest BCUT2D eigenvalue weighted by Gasteiger charge is 2.20. The first-order valence-corrected chi connectivity index (χ1v) is 5.36. The number of carbonyl (C=O) groups is 1. The van der Waals surface area contributed by atoms with Crippen molar-refractivity contribution in [3.8, 4) is 11.8 Å². The molecule has 7 heteroatoms. The summed E-state index contributed by atoms with van der Waals surface area (Å²) in [5, 5.41) is 8.93. The van der Waals surface area contributed by atoms with Crippen molar-refractivity contribution >= 4 is 17.5 Å². The molecule has 1 rings (SSSR count). The Balaban J connectivity index is 2.87. The van der Waals surface area contributed by atoms with Gasteiger partial charge in [-0.25, -0.2) is 5.84 Å². The van der Waals surface area contributed by atoms with Gasteiger partial charge in [-0.1, -0.05) is 11.6 Å². The summed E-state index contributed by atoms with van der Waals surface area (Å²) in [7, 11) is 1.43. The molecule has 1 atom stereocenters. The van der Waals surface area contributed by atoms with Gasteiger partial charge in [-0.05, 0) is 18.2 Å². The van der Waals surface area contributed by atoms with Gasteiger partial charge in [0.1, 0.15) is 5.75 Å². The van der Waals surface area contributed by atoms with Gasteiger partial charge in [0.25, 0.3) is 5.91 Å². The Labute approximate surface area is 109 Å². The third-order valence-electron chi connectivity index (χ3n) is 2.08. The summed E-state index contributed by atoms with van der Waals surface area (Å²) in [6, 6.07) is 6.43. The summed E-state index contributed by atoms with van der Waals surface area (Å²) in [5.74, 6) is 4.78. The van der Waals surface area contributed by atoms with Crippen LogP contribution in [0.4, 0.5) is 0 Å². The molecule has 1 amide bonds. The van der Waals surface area contributed by atoms with E-state index in [0.29, 0.717) is 5.56 Å². The number of nitrogens with zero attached hydrogens (tertiary/aromatic N) is 1. The molecule has 0 aliphatic heterocycles. The number of methoxy groups -OCH3 is 1. The molecular formula is C11H12ClN3O3. The van der Waals surface area contributed by atoms with Crippen LogP contribution < -0.4 is 16.0 Å². The van der Waals surface area contributed by atoms with Crippen molar-refractivity contribution in [2.24, 2.45) is 5.84 Å². The number of carbonyl (C=O) groups excluding carboxylic acids is 1. The first-order chi connectivity index (χ1) is 8.62. The van der Waals surface area contributed by atoms with Gasteiger partial charge >= 0.3 is 0 Å². The topological polar surface area (TPSA) is 97.4 Å². The maximum Gasteiger partial charge on any atom is 0.277 e. The molecule has 0 bridgehead atoms. The summed E-state index contributed by atoms with van der Waals surface area (Å²) < 4.78 is 10.2. The number of nitriles is 1. The molecule has 1 aromatic carbocycles. The maximum atomic E-state index is 11.4. The standard InChI is InChI=1S/C11H12ClN3O3/c1-17-6-10(11(16)15-14)18-9-3-2-7(5-13)4-8(9)12/h2-4,10H,6,14H2,1H3,(H,15,16). The molecule has 96 valence electrons. The number of halogens is 1. The molecule has 0 saturated carbocycles. The number of rotatable bonds is 5. The van der Waals surface area contributed by atoms with E-state index >= 15 is 0 Å². The minimum absolute atomic E-state index is 0.0271. The second kappa shape index (κ2) is 6.81. The predicted molar refractivity (Wildman–Crippen MR) is 64.8 cm³/mol. The first-order valence-electron chi connectivity index (χ1n) is 4.98. The predicted octanol–water partition coefficient (Wildman–Crippen LogP) is 0.595. The normalized spacial score (nSPS) is 11.4. The minimum atomic E-state index is -0.912. The smallest absolute Gasteiger partial charge is 0.277 e. The average Bonchev–Trinajstić information content (AvgIpc) is 2.39. The molecule has 3 N–H and O–H groups in total. The second-order valence-electron chi connectivity index (χ2n) is 3.33. The summed E-state index contributed by atoms with van der Waals surface area (Å²) in [5.41, 5.74) is 2.37. The Hall–Kier alpha value is -1.81. The number of ether oxygens (including phenoxy) is 2. The zero-order valence-corrected chi connectivity index (χ0v) is 10.4. The van der Waals surface area contributed by atoms with Crippen LogP contribution in [-0.4, -0.2) is 25.7 Å². The highest BCUT2D eigenvalue weighted by molar-refractivity contribution is 6.32. The molecular weight excluding hydrogens is 258 g/mol. The fourth-order valence-electron chi connectivity index (χ4n) is 1.23. The molecule has 0 aliphatic rings. The molecule has 18 heavy (non-hydrogen) atoms. The van der Waals surface area contributed by atoms with Crippen LogP contribution in [0, 0.1) is 11.3 Å². The number of hydrazine groups is 1. The van der Waals surface area contributed by atoms with E-state index in [2.05, 4.69) is 0 Å². The number of benzene rings is 1. The fraction of sp³-hybridized carbons (Fsp3) is 0.273. The SMILES string of the molecule is COCC(Oc1ccc(C#N)cc1Cl)C(=O)NN. The molecule has 6 nitrogen and oxygen atoms in total. The molecule has 0 spiro atoms. The first kappa shape index (κ1) is 14.3. The van der Waals surface area contributed by atoms with E-state index in [9.17, 15) is 4.79 Å². The Bertz CT molecular complexity index is 473. The van der Waals surface area contributed by atoms with Gasteiger partial charge in [-0.15, -0.1) is 0 Å². The molecule has 1 unspecified atom stereocenters. The number of hydrogen-bond acceptors (Lipinski definition) is 5. The van der Waals surface area contributed by atoms with Crippen LogP contribution in [0.3, 0.4) is 0 Å². The summed E-state index contributed by atoms with van der Waals surface area (Å²) in [4.78, 5) is 11.4. The van der Waals surface area contributed by atoms with Crippen LogP contribution in [0.5, 0.6) is 5.75 Å². The Morgan fingerprint density at radius 2 is 2.39 bits per heavy atom. The van der Waals surface area contributed by atoms with Crippen molar-refractivity contribution in [3.63, 3.8) is 0 Å². The van der Waals surface area contributed by atoms with Gasteiger partial charge in [-0.2, -0.15) is 5.26 Å². The highest BCUT2D eigenvalue weighted by atomic mass is 35.5. The van der Waals surface area contributed by atoms with Gasteiger partial charge in [0.05, 0.1) is 23.3 Å². The lowest BCUT2D eigenvalue weighted by molar-refractivity contribution is -0.130. The zero-order chi connectivity index (χ0) is 13.5. The number of hydrogen-bond donors (Lipinski definition) is 2. The third kappa shape index (κ3) is 3.60. The van der Waals surface area contributed by atoms with E-state index in [1.165, 1.54) is 25.3 Å². The van der Waals surface area contributed by atoms with Crippen molar-refractivity contribution in [1.29, 1.82) is 5.26 Å². The van der Waals surface area contributed by atoms with Crippen LogP contribution >= 0.6 is 11.6 Å². The third-order valence-corrected chi connectivity index (χ3v) is 2.38. The Morgan fingerprint density at radius 1 is 1.67 bits per heavy atom. The van der Waals surface area contributed by atoms with E-state index in [4.69, 9.17) is 32.2 Å². The molecule has 0 radical (unpaired) electrons. The summed E-state index contributed by atoms with van der Waals surface area (Å²) >= 11 is 5.92. The van der Waals surface area contributed by atoms with Crippen LogP contribution in [0.1, 0.15) is 5.56 Å². The van der Waals surface area contributed by atoms with Crippen molar-refractivity contribution in [2.75, 3.05) is 13.7 Å². The largest absolute Gasteiger partial charge is 0.477 e. The maximum absolute atomic E-state index is 11.4. The van der Waals surface area contributed by atoms with Gasteiger partial charge in [0.2, 0.25) is 6.10 Å². The lowest BCUT2D eigenvalue weighted by Crippen LogP contribution is -2.44. The molecule has 0 fully saturated rings. The quantitative estimate of drug-likeness (QED) is 0.463. The molecule has 1 aromatic rings. The zero-order valence-electron chi connectivity index (χ0n) is 9.64. The molecule has 0 heterocycles. The van der Waals surface area contributed by atoms with Gasteiger partial charge < -0.3 is 9.47 Å². The van der Waals surface area contributed by atoms with Crippen LogP contribution in [0.15, 0.2) is 18.2 Å². The molecule has 0 saturated heterocycles. The van der Waals surface area contributed by atoms with E-state index < -0.39 is 12.0 Å². The average molecular weight is 270 g/mol. The van der Waals surface area contributed by atoms with E-state index in [1.807, 2.05) is 11.5 Å². The van der Waals surface area contributed by atoms with Crippen molar-refractivity contribution in [1.82, 2.24) is 5.43 Å².